The summed E-state index contributed by atoms with van der Waals surface area (Å²) in [5, 5.41) is 18.5. The van der Waals surface area contributed by atoms with Crippen LogP contribution >= 0.6 is 0 Å². The summed E-state index contributed by atoms with van der Waals surface area (Å²) in [5.41, 5.74) is 6.57. The van der Waals surface area contributed by atoms with Crippen molar-refractivity contribution in [2.45, 2.75) is 58.9 Å². The number of aryl methyl sites for hydroxylation is 3. The molecule has 0 amide bonds. The van der Waals surface area contributed by atoms with Gasteiger partial charge < -0.3 is 4.57 Å². The van der Waals surface area contributed by atoms with Crippen molar-refractivity contribution < 1.29 is 4.92 Å². The summed E-state index contributed by atoms with van der Waals surface area (Å²) < 4.78 is 4.47. The lowest BCUT2D eigenvalue weighted by molar-refractivity contribution is -0.384. The van der Waals surface area contributed by atoms with Gasteiger partial charge in [0.15, 0.2) is 0 Å². The molecule has 0 unspecified atom stereocenters. The Kier molecular flexibility index (Phi) is 4.38. The van der Waals surface area contributed by atoms with Crippen LogP contribution in [0.2, 0.25) is 0 Å². The second kappa shape index (κ2) is 6.97. The van der Waals surface area contributed by atoms with E-state index in [1.54, 1.807) is 12.1 Å². The first-order chi connectivity index (χ1) is 14.5. The number of benzene rings is 1. The summed E-state index contributed by atoms with van der Waals surface area (Å²) >= 11 is 0. The van der Waals surface area contributed by atoms with Crippen LogP contribution in [0.25, 0.3) is 27.4 Å². The van der Waals surface area contributed by atoms with Crippen molar-refractivity contribution in [3.05, 3.63) is 63.7 Å². The standard InChI is InChI=1S/C24H26N4O2/c1-15-23-16(2)27(20-9-5-4-6-10-20)17(3)24(23)22-13-19(14-26(22)25-15)18-8-7-11-21(12-18)28(29)30/h7-8,11-14,20H,4-6,9-10H2,1-3H3. The predicted octanol–water partition coefficient (Wildman–Crippen LogP) is 6.29. The Labute approximate surface area is 175 Å². The molecule has 1 aromatic carbocycles. The number of nitrogens with zero attached hydrogens (tertiary/aromatic N) is 4. The average Bonchev–Trinajstić information content (AvgIpc) is 3.27. The van der Waals surface area contributed by atoms with E-state index in [2.05, 4.69) is 31.4 Å². The summed E-state index contributed by atoms with van der Waals surface area (Å²) in [5.74, 6) is 0. The van der Waals surface area contributed by atoms with E-state index in [1.165, 1.54) is 60.3 Å². The molecule has 3 heterocycles. The van der Waals surface area contributed by atoms with Gasteiger partial charge in [-0.15, -0.1) is 0 Å². The summed E-state index contributed by atoms with van der Waals surface area (Å²) in [6.07, 6.45) is 8.40. The van der Waals surface area contributed by atoms with Gasteiger partial charge in [0.05, 0.1) is 16.1 Å². The minimum atomic E-state index is -0.350. The molecule has 0 saturated heterocycles. The Morgan fingerprint density at radius 1 is 1.00 bits per heavy atom. The van der Waals surface area contributed by atoms with Crippen molar-refractivity contribution in [1.29, 1.82) is 0 Å². The van der Waals surface area contributed by atoms with E-state index in [9.17, 15) is 10.1 Å². The van der Waals surface area contributed by atoms with Crippen LogP contribution in [0.3, 0.4) is 0 Å². The zero-order valence-electron chi connectivity index (χ0n) is 17.7. The van der Waals surface area contributed by atoms with Gasteiger partial charge in [-0.3, -0.25) is 10.1 Å². The molecule has 1 aliphatic carbocycles. The molecular formula is C24H26N4O2. The molecule has 0 aliphatic heterocycles. The number of nitro groups is 1. The Bertz CT molecular complexity index is 1290. The number of aromatic nitrogens is 3. The highest BCUT2D eigenvalue weighted by molar-refractivity contribution is 6.02. The highest BCUT2D eigenvalue weighted by Crippen LogP contribution is 2.39. The zero-order valence-corrected chi connectivity index (χ0v) is 17.7. The van der Waals surface area contributed by atoms with Crippen LogP contribution in [0.15, 0.2) is 36.5 Å². The highest BCUT2D eigenvalue weighted by Gasteiger charge is 2.24. The Morgan fingerprint density at radius 3 is 2.47 bits per heavy atom. The van der Waals surface area contributed by atoms with Crippen molar-refractivity contribution in [2.75, 3.05) is 0 Å². The Balaban J connectivity index is 1.73. The number of hydrogen-bond donors (Lipinski definition) is 0. The van der Waals surface area contributed by atoms with E-state index >= 15 is 0 Å². The van der Waals surface area contributed by atoms with Gasteiger partial charge in [-0.2, -0.15) is 5.10 Å². The minimum Gasteiger partial charge on any atom is -0.345 e. The SMILES string of the molecule is Cc1nn2cc(-c3cccc([N+](=O)[O-])c3)cc2c2c(C)n(C3CCCCC3)c(C)c12. The lowest BCUT2D eigenvalue weighted by Crippen LogP contribution is -2.15. The molecule has 0 spiro atoms. The van der Waals surface area contributed by atoms with Gasteiger partial charge in [0.25, 0.3) is 5.69 Å². The van der Waals surface area contributed by atoms with Gasteiger partial charge in [-0.1, -0.05) is 31.4 Å². The van der Waals surface area contributed by atoms with Gasteiger partial charge >= 0.3 is 0 Å². The van der Waals surface area contributed by atoms with E-state index in [1.807, 2.05) is 16.8 Å². The summed E-state index contributed by atoms with van der Waals surface area (Å²) in [6, 6.07) is 9.49. The van der Waals surface area contributed by atoms with Crippen molar-refractivity contribution in [3.63, 3.8) is 0 Å². The molecule has 30 heavy (non-hydrogen) atoms. The van der Waals surface area contributed by atoms with Crippen LogP contribution in [0.5, 0.6) is 0 Å². The van der Waals surface area contributed by atoms with E-state index in [0.717, 1.165) is 22.3 Å². The molecule has 6 nitrogen and oxygen atoms in total. The average molecular weight is 402 g/mol. The van der Waals surface area contributed by atoms with Gasteiger partial charge in [0.2, 0.25) is 0 Å². The third-order valence-corrected chi connectivity index (χ3v) is 6.70. The Hall–Kier alpha value is -3.15. The molecule has 1 fully saturated rings. The Morgan fingerprint density at radius 2 is 1.73 bits per heavy atom. The molecule has 0 atom stereocenters. The summed E-state index contributed by atoms with van der Waals surface area (Å²) in [7, 11) is 0. The van der Waals surface area contributed by atoms with Crippen LogP contribution in [-0.4, -0.2) is 19.1 Å². The van der Waals surface area contributed by atoms with Crippen molar-refractivity contribution >= 4 is 22.0 Å². The van der Waals surface area contributed by atoms with E-state index in [-0.39, 0.29) is 10.6 Å². The summed E-state index contributed by atoms with van der Waals surface area (Å²) in [6.45, 7) is 6.52. The van der Waals surface area contributed by atoms with Crippen LogP contribution in [-0.2, 0) is 0 Å². The maximum atomic E-state index is 11.2. The number of rotatable bonds is 3. The second-order valence-corrected chi connectivity index (χ2v) is 8.53. The first-order valence-electron chi connectivity index (χ1n) is 10.7. The fraction of sp³-hybridized carbons (Fsp3) is 0.375. The van der Waals surface area contributed by atoms with Gasteiger partial charge in [-0.25, -0.2) is 4.52 Å². The van der Waals surface area contributed by atoms with Gasteiger partial charge in [-0.05, 0) is 45.2 Å². The molecule has 3 aromatic heterocycles. The molecular weight excluding hydrogens is 376 g/mol. The molecule has 5 rings (SSSR count). The lowest BCUT2D eigenvalue weighted by Gasteiger charge is -2.26. The summed E-state index contributed by atoms with van der Waals surface area (Å²) in [4.78, 5) is 10.8. The molecule has 0 bridgehead atoms. The van der Waals surface area contributed by atoms with Crippen LogP contribution in [0.4, 0.5) is 5.69 Å². The maximum Gasteiger partial charge on any atom is 0.270 e. The lowest BCUT2D eigenvalue weighted by atomic mass is 9.95. The largest absolute Gasteiger partial charge is 0.345 e. The van der Waals surface area contributed by atoms with Gasteiger partial charge in [0, 0.05) is 52.1 Å². The van der Waals surface area contributed by atoms with Crippen LogP contribution < -0.4 is 0 Å². The first-order valence-corrected chi connectivity index (χ1v) is 10.7. The van der Waals surface area contributed by atoms with Crippen molar-refractivity contribution in [2.24, 2.45) is 0 Å². The monoisotopic (exact) mass is 402 g/mol. The predicted molar refractivity (Wildman–Crippen MR) is 119 cm³/mol. The maximum absolute atomic E-state index is 11.2. The molecule has 154 valence electrons. The van der Waals surface area contributed by atoms with E-state index < -0.39 is 0 Å². The molecule has 0 N–H and O–H groups in total. The first kappa shape index (κ1) is 18.9. The fourth-order valence-corrected chi connectivity index (χ4v) is 5.39. The number of non-ortho nitro benzene ring substituents is 1. The zero-order chi connectivity index (χ0) is 21.0. The molecule has 6 heteroatoms. The topological polar surface area (TPSA) is 65.4 Å². The van der Waals surface area contributed by atoms with E-state index in [4.69, 9.17) is 5.10 Å². The normalized spacial score (nSPS) is 15.3. The van der Waals surface area contributed by atoms with E-state index in [0.29, 0.717) is 6.04 Å². The third kappa shape index (κ3) is 2.82. The van der Waals surface area contributed by atoms with Crippen LogP contribution in [0, 0.1) is 30.9 Å². The van der Waals surface area contributed by atoms with Crippen LogP contribution in [0.1, 0.15) is 55.2 Å². The molecule has 4 aromatic rings. The molecule has 0 radical (unpaired) electrons. The smallest absolute Gasteiger partial charge is 0.270 e. The molecule has 1 aliphatic rings. The van der Waals surface area contributed by atoms with Crippen molar-refractivity contribution in [1.82, 2.24) is 14.2 Å². The fourth-order valence-electron chi connectivity index (χ4n) is 5.39. The number of hydrogen-bond acceptors (Lipinski definition) is 3. The number of fused-ring (bicyclic) bond motifs is 3. The molecule has 1 saturated carbocycles. The second-order valence-electron chi connectivity index (χ2n) is 8.53. The quantitative estimate of drug-likeness (QED) is 0.298. The third-order valence-electron chi connectivity index (χ3n) is 6.70. The van der Waals surface area contributed by atoms with Crippen molar-refractivity contribution in [3.8, 4) is 11.1 Å². The van der Waals surface area contributed by atoms with Gasteiger partial charge in [0.1, 0.15) is 0 Å². The highest BCUT2D eigenvalue weighted by atomic mass is 16.6. The minimum absolute atomic E-state index is 0.104. The number of nitro benzene ring substituents is 1.